The van der Waals surface area contributed by atoms with Crippen molar-refractivity contribution in [2.45, 2.75) is 6.92 Å². The quantitative estimate of drug-likeness (QED) is 0.439. The maximum absolute atomic E-state index is 12.6. The van der Waals surface area contributed by atoms with Crippen molar-refractivity contribution in [3.8, 4) is 17.1 Å². The smallest absolute Gasteiger partial charge is 0.293 e. The summed E-state index contributed by atoms with van der Waals surface area (Å²) in [4.78, 5) is 26.4. The largest absolute Gasteiger partial charge is 0.492 e. The lowest BCUT2D eigenvalue weighted by Crippen LogP contribution is -2.32. The molecule has 1 aliphatic heterocycles. The Morgan fingerprint density at radius 2 is 1.90 bits per heavy atom. The number of benzene rings is 2. The summed E-state index contributed by atoms with van der Waals surface area (Å²) < 4.78 is 11.4. The van der Waals surface area contributed by atoms with Crippen molar-refractivity contribution in [3.05, 3.63) is 81.9 Å². The summed E-state index contributed by atoms with van der Waals surface area (Å²) in [6, 6.07) is 18.5. The highest BCUT2D eigenvalue weighted by Gasteiger charge is 2.35. The lowest BCUT2D eigenvalue weighted by molar-refractivity contribution is -0.123. The highest BCUT2D eigenvalue weighted by atomic mass is 35.5. The minimum Gasteiger partial charge on any atom is -0.492 e. The fourth-order valence-electron chi connectivity index (χ4n) is 2.94. The maximum Gasteiger partial charge on any atom is 0.293 e. The van der Waals surface area contributed by atoms with Crippen molar-refractivity contribution in [1.82, 2.24) is 4.90 Å². The van der Waals surface area contributed by atoms with Crippen LogP contribution >= 0.6 is 23.4 Å². The Kier molecular flexibility index (Phi) is 5.97. The molecule has 3 aromatic rings. The average molecular weight is 440 g/mol. The Balaban J connectivity index is 1.41. The Labute approximate surface area is 183 Å². The molecule has 1 aromatic heterocycles. The molecular weight excluding hydrogens is 422 g/mol. The molecular formula is C23H18ClNO4S. The average Bonchev–Trinajstić information content (AvgIpc) is 3.29. The molecule has 1 aliphatic rings. The van der Waals surface area contributed by atoms with Gasteiger partial charge < -0.3 is 9.15 Å². The molecule has 2 amide bonds. The summed E-state index contributed by atoms with van der Waals surface area (Å²) in [5.41, 5.74) is 1.97. The molecule has 2 aromatic carbocycles. The first-order valence-corrected chi connectivity index (χ1v) is 10.5. The lowest BCUT2D eigenvalue weighted by atomic mass is 10.2. The number of aryl methyl sites for hydroxylation is 1. The second kappa shape index (κ2) is 8.81. The molecule has 5 nitrogen and oxygen atoms in total. The number of ether oxygens (including phenoxy) is 1. The molecule has 0 atom stereocenters. The molecule has 152 valence electrons. The van der Waals surface area contributed by atoms with Gasteiger partial charge >= 0.3 is 0 Å². The van der Waals surface area contributed by atoms with Gasteiger partial charge in [0, 0.05) is 16.7 Å². The third kappa shape index (κ3) is 4.61. The molecule has 30 heavy (non-hydrogen) atoms. The third-order valence-corrected chi connectivity index (χ3v) is 5.63. The number of carbonyl (C=O) groups is 2. The second-order valence-electron chi connectivity index (χ2n) is 6.71. The molecule has 0 saturated carbocycles. The lowest BCUT2D eigenvalue weighted by Gasteiger charge is -2.13. The number of furan rings is 1. The van der Waals surface area contributed by atoms with Crippen LogP contribution in [0.4, 0.5) is 4.79 Å². The summed E-state index contributed by atoms with van der Waals surface area (Å²) in [5, 5.41) is 0.291. The Hall–Kier alpha value is -2.96. The zero-order valence-electron chi connectivity index (χ0n) is 16.1. The normalized spacial score (nSPS) is 15.3. The van der Waals surface area contributed by atoms with Crippen molar-refractivity contribution < 1.29 is 18.7 Å². The van der Waals surface area contributed by atoms with Crippen LogP contribution in [0, 0.1) is 6.92 Å². The van der Waals surface area contributed by atoms with Gasteiger partial charge in [-0.3, -0.25) is 14.5 Å². The van der Waals surface area contributed by atoms with Crippen LogP contribution < -0.4 is 4.74 Å². The highest BCUT2D eigenvalue weighted by Crippen LogP contribution is 2.33. The molecule has 0 bridgehead atoms. The summed E-state index contributed by atoms with van der Waals surface area (Å²) in [6.45, 7) is 2.41. The first-order chi connectivity index (χ1) is 14.5. The topological polar surface area (TPSA) is 59.8 Å². The predicted octanol–water partition coefficient (Wildman–Crippen LogP) is 6.02. The van der Waals surface area contributed by atoms with Crippen molar-refractivity contribution in [1.29, 1.82) is 0 Å². The van der Waals surface area contributed by atoms with E-state index in [4.69, 9.17) is 20.8 Å². The number of carbonyl (C=O) groups excluding carboxylic acids is 2. The van der Waals surface area contributed by atoms with Crippen LogP contribution in [0.5, 0.6) is 5.75 Å². The SMILES string of the molecule is Cc1ccc(OCCN2C(=O)S/C(=C\c3ccc(-c4cccc(Cl)c4)o3)C2=O)cc1. The molecule has 2 heterocycles. The Morgan fingerprint density at radius 3 is 2.67 bits per heavy atom. The van der Waals surface area contributed by atoms with Gasteiger partial charge in [-0.2, -0.15) is 0 Å². The van der Waals surface area contributed by atoms with Crippen molar-refractivity contribution in [2.75, 3.05) is 13.2 Å². The van der Waals surface area contributed by atoms with E-state index in [0.717, 1.165) is 22.9 Å². The first kappa shape index (κ1) is 20.3. The summed E-state index contributed by atoms with van der Waals surface area (Å²) in [7, 11) is 0. The van der Waals surface area contributed by atoms with Gasteiger partial charge in [-0.1, -0.05) is 41.4 Å². The van der Waals surface area contributed by atoms with E-state index in [1.165, 1.54) is 4.90 Å². The van der Waals surface area contributed by atoms with E-state index < -0.39 is 0 Å². The van der Waals surface area contributed by atoms with Gasteiger partial charge in [0.2, 0.25) is 0 Å². The van der Waals surface area contributed by atoms with Gasteiger partial charge in [-0.15, -0.1) is 0 Å². The standard InChI is InChI=1S/C23H18ClNO4S/c1-15-5-7-18(8-6-15)28-12-11-25-22(26)21(30-23(25)27)14-19-9-10-20(29-19)16-3-2-4-17(24)13-16/h2-10,13-14H,11-12H2,1H3/b21-14-. The molecule has 7 heteroatoms. The van der Waals surface area contributed by atoms with E-state index in [9.17, 15) is 9.59 Å². The Bertz CT molecular complexity index is 1120. The number of hydrogen-bond acceptors (Lipinski definition) is 5. The van der Waals surface area contributed by atoms with Crippen LogP contribution in [0.25, 0.3) is 17.4 Å². The van der Waals surface area contributed by atoms with E-state index >= 15 is 0 Å². The number of amides is 2. The van der Waals surface area contributed by atoms with Gasteiger partial charge in [-0.05, 0) is 55.1 Å². The number of halogens is 1. The van der Waals surface area contributed by atoms with Crippen LogP contribution in [0.3, 0.4) is 0 Å². The molecule has 1 fully saturated rings. The summed E-state index contributed by atoms with van der Waals surface area (Å²) >= 11 is 6.92. The van der Waals surface area contributed by atoms with Gasteiger partial charge in [0.1, 0.15) is 23.9 Å². The zero-order chi connectivity index (χ0) is 21.1. The maximum atomic E-state index is 12.6. The minimum atomic E-state index is -0.349. The van der Waals surface area contributed by atoms with E-state index in [2.05, 4.69) is 0 Å². The molecule has 0 N–H and O–H groups in total. The predicted molar refractivity (Wildman–Crippen MR) is 119 cm³/mol. The first-order valence-electron chi connectivity index (χ1n) is 9.30. The number of rotatable bonds is 6. The summed E-state index contributed by atoms with van der Waals surface area (Å²) in [5.74, 6) is 1.48. The van der Waals surface area contributed by atoms with Crippen molar-refractivity contribution >= 4 is 40.6 Å². The monoisotopic (exact) mass is 439 g/mol. The highest BCUT2D eigenvalue weighted by molar-refractivity contribution is 8.18. The van der Waals surface area contributed by atoms with Gasteiger partial charge in [0.15, 0.2) is 0 Å². The number of imide groups is 1. The molecule has 4 rings (SSSR count). The van der Waals surface area contributed by atoms with E-state index in [1.807, 2.05) is 43.3 Å². The van der Waals surface area contributed by atoms with Crippen LogP contribution in [-0.2, 0) is 4.79 Å². The van der Waals surface area contributed by atoms with Crippen LogP contribution in [0.15, 0.2) is 70.0 Å². The van der Waals surface area contributed by atoms with Crippen molar-refractivity contribution in [2.24, 2.45) is 0 Å². The number of thioether (sulfide) groups is 1. The molecule has 0 spiro atoms. The molecule has 0 unspecified atom stereocenters. The summed E-state index contributed by atoms with van der Waals surface area (Å²) in [6.07, 6.45) is 1.58. The zero-order valence-corrected chi connectivity index (χ0v) is 17.7. The van der Waals surface area contributed by atoms with Crippen molar-refractivity contribution in [3.63, 3.8) is 0 Å². The van der Waals surface area contributed by atoms with E-state index in [-0.39, 0.29) is 24.3 Å². The van der Waals surface area contributed by atoms with Gasteiger partial charge in [0.25, 0.3) is 11.1 Å². The van der Waals surface area contributed by atoms with Crippen LogP contribution in [0.1, 0.15) is 11.3 Å². The second-order valence-corrected chi connectivity index (χ2v) is 8.14. The fraction of sp³-hybridized carbons (Fsp3) is 0.130. The molecule has 0 aliphatic carbocycles. The van der Waals surface area contributed by atoms with E-state index in [0.29, 0.717) is 27.2 Å². The molecule has 0 radical (unpaired) electrons. The van der Waals surface area contributed by atoms with Gasteiger partial charge in [0.05, 0.1) is 11.4 Å². The third-order valence-electron chi connectivity index (χ3n) is 4.49. The van der Waals surface area contributed by atoms with E-state index in [1.54, 1.807) is 30.3 Å². The van der Waals surface area contributed by atoms with Crippen LogP contribution in [-0.4, -0.2) is 29.2 Å². The van der Waals surface area contributed by atoms with Crippen LogP contribution in [0.2, 0.25) is 5.02 Å². The fourth-order valence-corrected chi connectivity index (χ4v) is 3.97. The number of hydrogen-bond donors (Lipinski definition) is 0. The Morgan fingerprint density at radius 1 is 1.10 bits per heavy atom. The van der Waals surface area contributed by atoms with Gasteiger partial charge in [-0.25, -0.2) is 0 Å². The molecule has 1 saturated heterocycles. The number of nitrogens with zero attached hydrogens (tertiary/aromatic N) is 1. The minimum absolute atomic E-state index is 0.182.